The molecule has 2 aromatic heterocycles. The van der Waals surface area contributed by atoms with Gasteiger partial charge in [0.15, 0.2) is 5.82 Å². The molecule has 0 fully saturated rings. The number of hydrogen-bond donors (Lipinski definition) is 1. The lowest BCUT2D eigenvalue weighted by atomic mass is 10.1. The number of halogens is 4. The number of methoxy groups -OCH3 is 1. The molecule has 0 bridgehead atoms. The lowest BCUT2D eigenvalue weighted by Crippen LogP contribution is -2.08. The standard InChI is InChI=1S/C18H14ClF3N2O3S/c1-8-14(20)15(21)18(24-17(8)22)27-4-3-13-23-12(7-28-13)10-5-9(25)6-11(19)16(10)26-2/h5-7,25H,3-4H2,1-2H3. The van der Waals surface area contributed by atoms with Crippen molar-refractivity contribution in [2.75, 3.05) is 13.7 Å². The molecule has 0 aliphatic rings. The van der Waals surface area contributed by atoms with Crippen LogP contribution in [0.15, 0.2) is 17.5 Å². The zero-order chi connectivity index (χ0) is 20.4. The Morgan fingerprint density at radius 2 is 1.93 bits per heavy atom. The summed E-state index contributed by atoms with van der Waals surface area (Å²) in [5.41, 5.74) is 0.519. The van der Waals surface area contributed by atoms with Crippen LogP contribution in [-0.4, -0.2) is 28.8 Å². The highest BCUT2D eigenvalue weighted by Gasteiger charge is 2.19. The first-order valence-electron chi connectivity index (χ1n) is 7.97. The number of phenols is 1. The number of rotatable bonds is 6. The van der Waals surface area contributed by atoms with Gasteiger partial charge in [0.1, 0.15) is 11.5 Å². The molecule has 0 amide bonds. The summed E-state index contributed by atoms with van der Waals surface area (Å²) in [7, 11) is 1.45. The van der Waals surface area contributed by atoms with E-state index in [1.165, 1.54) is 30.6 Å². The van der Waals surface area contributed by atoms with Crippen LogP contribution in [0.2, 0.25) is 5.02 Å². The van der Waals surface area contributed by atoms with Crippen LogP contribution in [-0.2, 0) is 6.42 Å². The van der Waals surface area contributed by atoms with Gasteiger partial charge in [-0.05, 0) is 13.0 Å². The van der Waals surface area contributed by atoms with E-state index >= 15 is 0 Å². The van der Waals surface area contributed by atoms with Gasteiger partial charge < -0.3 is 14.6 Å². The first-order valence-corrected chi connectivity index (χ1v) is 9.22. The third-order valence-corrected chi connectivity index (χ3v) is 5.02. The molecule has 1 aromatic carbocycles. The Labute approximate surface area is 167 Å². The number of benzene rings is 1. The maximum atomic E-state index is 13.8. The van der Waals surface area contributed by atoms with Gasteiger partial charge in [-0.3, -0.25) is 0 Å². The van der Waals surface area contributed by atoms with Crippen LogP contribution in [0.5, 0.6) is 17.4 Å². The molecule has 3 rings (SSSR count). The minimum atomic E-state index is -1.34. The molecule has 5 nitrogen and oxygen atoms in total. The van der Waals surface area contributed by atoms with E-state index in [4.69, 9.17) is 21.1 Å². The highest BCUT2D eigenvalue weighted by atomic mass is 35.5. The molecule has 10 heteroatoms. The smallest absolute Gasteiger partial charge is 0.256 e. The molecule has 1 N–H and O–H groups in total. The lowest BCUT2D eigenvalue weighted by molar-refractivity contribution is 0.278. The summed E-state index contributed by atoms with van der Waals surface area (Å²) in [5.74, 6) is -4.20. The second kappa shape index (κ2) is 8.24. The number of nitrogens with zero attached hydrogens (tertiary/aromatic N) is 2. The van der Waals surface area contributed by atoms with Crippen molar-refractivity contribution in [2.24, 2.45) is 0 Å². The van der Waals surface area contributed by atoms with Gasteiger partial charge in [0.25, 0.3) is 5.88 Å². The van der Waals surface area contributed by atoms with Gasteiger partial charge in [-0.25, -0.2) is 9.37 Å². The molecule has 0 aliphatic heterocycles. The van der Waals surface area contributed by atoms with Gasteiger partial charge >= 0.3 is 0 Å². The van der Waals surface area contributed by atoms with E-state index in [1.807, 2.05) is 0 Å². The Bertz CT molecular complexity index is 1030. The lowest BCUT2D eigenvalue weighted by Gasteiger charge is -2.09. The molecule has 148 valence electrons. The first kappa shape index (κ1) is 20.2. The summed E-state index contributed by atoms with van der Waals surface area (Å²) in [4.78, 5) is 7.68. The zero-order valence-electron chi connectivity index (χ0n) is 14.7. The van der Waals surface area contributed by atoms with E-state index in [1.54, 1.807) is 5.38 Å². The van der Waals surface area contributed by atoms with Crippen molar-refractivity contribution < 1.29 is 27.8 Å². The molecule has 0 radical (unpaired) electrons. The van der Waals surface area contributed by atoms with Crippen LogP contribution in [0, 0.1) is 24.5 Å². The van der Waals surface area contributed by atoms with Crippen molar-refractivity contribution in [3.05, 3.63) is 50.7 Å². The van der Waals surface area contributed by atoms with Crippen molar-refractivity contribution in [1.29, 1.82) is 0 Å². The van der Waals surface area contributed by atoms with Crippen molar-refractivity contribution in [3.63, 3.8) is 0 Å². The van der Waals surface area contributed by atoms with E-state index in [9.17, 15) is 18.3 Å². The van der Waals surface area contributed by atoms with Gasteiger partial charge in [-0.15, -0.1) is 11.3 Å². The van der Waals surface area contributed by atoms with Crippen molar-refractivity contribution in [2.45, 2.75) is 13.3 Å². The molecular formula is C18H14ClF3N2O3S. The van der Waals surface area contributed by atoms with Crippen molar-refractivity contribution in [1.82, 2.24) is 9.97 Å². The van der Waals surface area contributed by atoms with Crippen LogP contribution >= 0.6 is 22.9 Å². The van der Waals surface area contributed by atoms with Gasteiger partial charge in [0.2, 0.25) is 11.8 Å². The van der Waals surface area contributed by atoms with Crippen molar-refractivity contribution >= 4 is 22.9 Å². The zero-order valence-corrected chi connectivity index (χ0v) is 16.3. The topological polar surface area (TPSA) is 64.5 Å². The van der Waals surface area contributed by atoms with Crippen LogP contribution in [0.1, 0.15) is 10.6 Å². The Morgan fingerprint density at radius 3 is 2.64 bits per heavy atom. The molecule has 28 heavy (non-hydrogen) atoms. The Kier molecular flexibility index (Phi) is 5.95. The molecule has 0 saturated heterocycles. The quantitative estimate of drug-likeness (QED) is 0.562. The molecule has 0 spiro atoms. The van der Waals surface area contributed by atoms with Crippen LogP contribution in [0.3, 0.4) is 0 Å². The Balaban J connectivity index is 1.73. The maximum Gasteiger partial charge on any atom is 0.256 e. The molecule has 0 aliphatic carbocycles. The van der Waals surface area contributed by atoms with Crippen LogP contribution in [0.4, 0.5) is 13.2 Å². The number of aromatic hydroxyl groups is 1. The average Bonchev–Trinajstić information content (AvgIpc) is 3.12. The Morgan fingerprint density at radius 1 is 1.18 bits per heavy atom. The Hall–Kier alpha value is -2.52. The van der Waals surface area contributed by atoms with Crippen LogP contribution < -0.4 is 9.47 Å². The van der Waals surface area contributed by atoms with E-state index in [0.29, 0.717) is 22.0 Å². The molecular weight excluding hydrogens is 417 g/mol. The summed E-state index contributed by atoms with van der Waals surface area (Å²) in [5, 5.41) is 12.3. The van der Waals surface area contributed by atoms with Gasteiger partial charge in [0.05, 0.1) is 29.4 Å². The summed E-state index contributed by atoms with van der Waals surface area (Å²) in [6, 6.07) is 2.82. The van der Waals surface area contributed by atoms with E-state index < -0.39 is 29.0 Å². The number of hydrogen-bond acceptors (Lipinski definition) is 6. The number of thiazole rings is 1. The normalized spacial score (nSPS) is 10.9. The molecule has 0 unspecified atom stereocenters. The van der Waals surface area contributed by atoms with Crippen molar-refractivity contribution in [3.8, 4) is 28.6 Å². The number of ether oxygens (including phenoxy) is 2. The highest BCUT2D eigenvalue weighted by Crippen LogP contribution is 2.39. The van der Waals surface area contributed by atoms with Gasteiger partial charge in [-0.1, -0.05) is 11.6 Å². The van der Waals surface area contributed by atoms with E-state index in [-0.39, 0.29) is 23.8 Å². The third-order valence-electron chi connectivity index (χ3n) is 3.83. The summed E-state index contributed by atoms with van der Waals surface area (Å²) in [6.45, 7) is 1.00. The summed E-state index contributed by atoms with van der Waals surface area (Å²) >= 11 is 7.35. The fraction of sp³-hybridized carbons (Fsp3) is 0.222. The van der Waals surface area contributed by atoms with Gasteiger partial charge in [-0.2, -0.15) is 13.8 Å². The maximum absolute atomic E-state index is 13.8. The number of phenolic OH excluding ortho intramolecular Hbond substituents is 1. The second-order valence-corrected chi connectivity index (χ2v) is 7.04. The monoisotopic (exact) mass is 430 g/mol. The molecule has 3 aromatic rings. The van der Waals surface area contributed by atoms with E-state index in [0.717, 1.165) is 6.92 Å². The largest absolute Gasteiger partial charge is 0.508 e. The third kappa shape index (κ3) is 4.00. The molecule has 0 atom stereocenters. The minimum absolute atomic E-state index is 0.0383. The van der Waals surface area contributed by atoms with Gasteiger partial charge in [0, 0.05) is 29.0 Å². The fourth-order valence-corrected chi connectivity index (χ4v) is 3.50. The van der Waals surface area contributed by atoms with E-state index in [2.05, 4.69) is 9.97 Å². The predicted molar refractivity (Wildman–Crippen MR) is 98.8 cm³/mol. The molecule has 0 saturated carbocycles. The summed E-state index contributed by atoms with van der Waals surface area (Å²) in [6.07, 6.45) is 0.248. The second-order valence-electron chi connectivity index (χ2n) is 5.69. The first-order chi connectivity index (χ1) is 13.3. The highest BCUT2D eigenvalue weighted by molar-refractivity contribution is 7.09. The fourth-order valence-electron chi connectivity index (χ4n) is 2.43. The minimum Gasteiger partial charge on any atom is -0.508 e. The van der Waals surface area contributed by atoms with Crippen LogP contribution in [0.25, 0.3) is 11.3 Å². The number of aromatic nitrogens is 2. The average molecular weight is 431 g/mol. The number of pyridine rings is 1. The SMILES string of the molecule is COc1c(Cl)cc(O)cc1-c1csc(CCOc2nc(F)c(C)c(F)c2F)n1. The summed E-state index contributed by atoms with van der Waals surface area (Å²) < 4.78 is 51.1. The predicted octanol–water partition coefficient (Wildman–Crippen LogP) is 4.92. The molecule has 2 heterocycles.